The highest BCUT2D eigenvalue weighted by atomic mass is 15.3. The molecule has 0 aliphatic carbocycles. The zero-order valence-electron chi connectivity index (χ0n) is 47.8. The summed E-state index contributed by atoms with van der Waals surface area (Å²) in [5.41, 5.74) is 8.67. The summed E-state index contributed by atoms with van der Waals surface area (Å²) in [6.07, 6.45) is 8.21. The van der Waals surface area contributed by atoms with Gasteiger partial charge in [-0.15, -0.1) is 0 Å². The van der Waals surface area contributed by atoms with Crippen molar-refractivity contribution in [2.75, 3.05) is 4.90 Å². The second-order valence-corrected chi connectivity index (χ2v) is 22.2. The number of hydrogen-bond donors (Lipinski definition) is 0. The minimum atomic E-state index is 0.385. The highest BCUT2D eigenvalue weighted by Crippen LogP contribution is 2.39. The van der Waals surface area contributed by atoms with Crippen molar-refractivity contribution in [3.8, 4) is 0 Å². The summed E-state index contributed by atoms with van der Waals surface area (Å²) in [5.74, 6) is 0. The molecule has 0 N–H and O–H groups in total. The van der Waals surface area contributed by atoms with Crippen molar-refractivity contribution < 1.29 is 0 Å². The summed E-state index contributed by atoms with van der Waals surface area (Å²) in [6, 6.07) is 38.6. The van der Waals surface area contributed by atoms with Crippen molar-refractivity contribution in [1.29, 1.82) is 0 Å². The normalized spacial score (nSPS) is 14.3. The van der Waals surface area contributed by atoms with Crippen molar-refractivity contribution in [3.63, 3.8) is 0 Å². The van der Waals surface area contributed by atoms with E-state index in [-0.39, 0.29) is 0 Å². The van der Waals surface area contributed by atoms with E-state index < -0.39 is 0 Å². The van der Waals surface area contributed by atoms with E-state index in [9.17, 15) is 0 Å². The maximum absolute atomic E-state index is 2.68. The average molecular weight is 922 g/mol. The van der Waals surface area contributed by atoms with Crippen molar-refractivity contribution in [2.45, 2.75) is 245 Å². The number of rotatable bonds is 10. The third kappa shape index (κ3) is 20.2. The van der Waals surface area contributed by atoms with Crippen molar-refractivity contribution >= 4 is 11.4 Å². The number of aryl methyl sites for hydroxylation is 4. The number of anilines is 2. The molecule has 1 saturated heterocycles. The fourth-order valence-electron chi connectivity index (χ4n) is 10.8. The molecule has 5 aromatic rings. The van der Waals surface area contributed by atoms with E-state index >= 15 is 0 Å². The molecule has 1 fully saturated rings. The lowest BCUT2D eigenvalue weighted by atomic mass is 9.79. The van der Waals surface area contributed by atoms with Gasteiger partial charge in [0.15, 0.2) is 0 Å². The fourth-order valence-corrected chi connectivity index (χ4v) is 10.8. The van der Waals surface area contributed by atoms with E-state index in [1.54, 1.807) is 0 Å². The lowest BCUT2D eigenvalue weighted by Gasteiger charge is -2.55. The lowest BCUT2D eigenvalue weighted by Crippen LogP contribution is -2.61. The van der Waals surface area contributed by atoms with Gasteiger partial charge in [-0.2, -0.15) is 0 Å². The van der Waals surface area contributed by atoms with Crippen LogP contribution in [0.2, 0.25) is 0 Å². The van der Waals surface area contributed by atoms with Gasteiger partial charge in [0.05, 0.1) is 0 Å². The van der Waals surface area contributed by atoms with Crippen LogP contribution in [0.3, 0.4) is 0 Å². The number of benzene rings is 2. The smallest absolute Gasteiger partial charge is 0.0413 e. The Kier molecular flexibility index (Phi) is 26.5. The van der Waals surface area contributed by atoms with Crippen LogP contribution in [0, 0.1) is 27.7 Å². The van der Waals surface area contributed by atoms with E-state index in [1.165, 1.54) is 53.4 Å². The largest absolute Gasteiger partial charge is 0.352 e. The summed E-state index contributed by atoms with van der Waals surface area (Å²) < 4.78 is 6.83. The number of hydrogen-bond acceptors (Lipinski definition) is 3. The molecule has 67 heavy (non-hydrogen) atoms. The van der Waals surface area contributed by atoms with Crippen LogP contribution in [0.15, 0.2) is 109 Å². The Morgan fingerprint density at radius 3 is 0.881 bits per heavy atom. The van der Waals surface area contributed by atoms with Crippen LogP contribution in [0.4, 0.5) is 11.4 Å². The SMILES string of the molecule is CC(C)N(C(C)C)C(C)C.CC(C)N(c1ccccc1)c1ccccc1.CC(C)N1C(C)(C)CCCC1(C)C.CC(C)n1cccc1.Cc1ccc(C)n1C(C)C.Cc1ccc(C)n1C(C)C. The Bertz CT molecular complexity index is 1820. The Morgan fingerprint density at radius 1 is 0.388 bits per heavy atom. The van der Waals surface area contributed by atoms with E-state index in [0.29, 0.717) is 59.4 Å². The summed E-state index contributed by atoms with van der Waals surface area (Å²) >= 11 is 0. The average Bonchev–Trinajstić information content (AvgIpc) is 3.96. The van der Waals surface area contributed by atoms with Gasteiger partial charge in [0, 0.05) is 106 Å². The molecule has 0 amide bonds. The minimum Gasteiger partial charge on any atom is -0.352 e. The fraction of sp³-hybridized carbons (Fsp3) is 0.607. The first-order valence-corrected chi connectivity index (χ1v) is 26.0. The highest BCUT2D eigenvalue weighted by molar-refractivity contribution is 5.63. The zero-order chi connectivity index (χ0) is 51.4. The van der Waals surface area contributed by atoms with Crippen LogP contribution >= 0.6 is 0 Å². The second kappa shape index (κ2) is 29.1. The molecule has 0 bridgehead atoms. The molecule has 0 saturated carbocycles. The van der Waals surface area contributed by atoms with Crippen LogP contribution < -0.4 is 4.90 Å². The van der Waals surface area contributed by atoms with Crippen molar-refractivity contribution in [2.24, 2.45) is 0 Å². The summed E-state index contributed by atoms with van der Waals surface area (Å²) in [4.78, 5) is 7.52. The Labute approximate surface area is 415 Å². The monoisotopic (exact) mass is 921 g/mol. The van der Waals surface area contributed by atoms with Crippen LogP contribution in [0.25, 0.3) is 0 Å². The number of likely N-dealkylation sites (tertiary alicyclic amines) is 1. The molecular formula is C61H104N6. The molecule has 4 heterocycles. The first kappa shape index (κ1) is 61.0. The third-order valence-electron chi connectivity index (χ3n) is 12.7. The predicted molar refractivity (Wildman–Crippen MR) is 300 cm³/mol. The van der Waals surface area contributed by atoms with Gasteiger partial charge in [-0.05, 0) is 246 Å². The summed E-state index contributed by atoms with van der Waals surface area (Å²) in [5, 5.41) is 0. The minimum absolute atomic E-state index is 0.385. The Balaban J connectivity index is 0.000000408. The molecule has 0 atom stereocenters. The molecule has 0 radical (unpaired) electrons. The Hall–Kier alpha value is -4.00. The molecule has 0 unspecified atom stereocenters. The molecule has 6 nitrogen and oxygen atoms in total. The van der Waals surface area contributed by atoms with Gasteiger partial charge in [0.1, 0.15) is 0 Å². The van der Waals surface area contributed by atoms with E-state index in [0.717, 1.165) is 0 Å². The maximum atomic E-state index is 2.68. The highest BCUT2D eigenvalue weighted by Gasteiger charge is 2.42. The second-order valence-electron chi connectivity index (χ2n) is 22.2. The number of para-hydroxylation sites is 2. The first-order valence-electron chi connectivity index (χ1n) is 26.0. The van der Waals surface area contributed by atoms with Crippen LogP contribution in [0.5, 0.6) is 0 Å². The molecule has 1 aliphatic rings. The molecule has 1 aliphatic heterocycles. The molecular weight excluding hydrogens is 817 g/mol. The number of piperidine rings is 1. The molecule has 6 rings (SSSR count). The standard InChI is InChI=1S/C15H17N.C12H25N.2C9H15N.C9H21N.C7H11N/c1-13(2)16(14-9-5-3-6-10-14)15-11-7-4-8-12-15;1-10(2)13-11(3,4)8-7-9-12(13,5)6;2*1-7(2)10-8(3)5-6-9(10)4;1-7(2)10(8(3)4)9(5)6;1-7(2)8-5-3-4-6-8/h3-13H,1-2H3;10H,7-9H2,1-6H3;2*5-7H,1-4H3;7-9H,1-6H3;3-7H,1-2H3. The van der Waals surface area contributed by atoms with Crippen molar-refractivity contribution in [3.05, 3.63) is 132 Å². The van der Waals surface area contributed by atoms with Crippen LogP contribution in [-0.4, -0.2) is 64.8 Å². The molecule has 2 aromatic carbocycles. The number of aromatic nitrogens is 3. The molecule has 378 valence electrons. The summed E-state index contributed by atoms with van der Waals surface area (Å²) in [6.45, 7) is 53.8. The van der Waals surface area contributed by atoms with Gasteiger partial charge in [-0.25, -0.2) is 0 Å². The van der Waals surface area contributed by atoms with Crippen molar-refractivity contribution in [1.82, 2.24) is 23.5 Å². The third-order valence-corrected chi connectivity index (χ3v) is 12.7. The zero-order valence-corrected chi connectivity index (χ0v) is 47.8. The summed E-state index contributed by atoms with van der Waals surface area (Å²) in [7, 11) is 0. The van der Waals surface area contributed by atoms with Gasteiger partial charge in [0.2, 0.25) is 0 Å². The van der Waals surface area contributed by atoms with E-state index in [1.807, 2.05) is 24.3 Å². The predicted octanol–water partition coefficient (Wildman–Crippen LogP) is 17.6. The quantitative estimate of drug-likeness (QED) is 0.140. The van der Waals surface area contributed by atoms with E-state index in [4.69, 9.17) is 0 Å². The topological polar surface area (TPSA) is 24.5 Å². The van der Waals surface area contributed by atoms with Gasteiger partial charge >= 0.3 is 0 Å². The van der Waals surface area contributed by atoms with E-state index in [2.05, 4.69) is 280 Å². The van der Waals surface area contributed by atoms with Crippen LogP contribution in [-0.2, 0) is 0 Å². The molecule has 6 heteroatoms. The van der Waals surface area contributed by atoms with Gasteiger partial charge in [0.25, 0.3) is 0 Å². The molecule has 0 spiro atoms. The van der Waals surface area contributed by atoms with Gasteiger partial charge < -0.3 is 18.6 Å². The number of nitrogens with zero attached hydrogens (tertiary/aromatic N) is 6. The first-order chi connectivity index (χ1) is 31.1. The lowest BCUT2D eigenvalue weighted by molar-refractivity contribution is -0.0508. The van der Waals surface area contributed by atoms with Crippen LogP contribution in [0.1, 0.15) is 199 Å². The van der Waals surface area contributed by atoms with Gasteiger partial charge in [-0.3, -0.25) is 9.80 Å². The molecule has 3 aromatic heterocycles. The van der Waals surface area contributed by atoms with Gasteiger partial charge in [-0.1, -0.05) is 36.4 Å². The Morgan fingerprint density at radius 2 is 0.701 bits per heavy atom. The maximum Gasteiger partial charge on any atom is 0.0413 e.